The molecule has 1 amide bonds. The highest BCUT2D eigenvalue weighted by Crippen LogP contribution is 2.13. The summed E-state index contributed by atoms with van der Waals surface area (Å²) in [4.78, 5) is 13.8. The van der Waals surface area contributed by atoms with E-state index in [2.05, 4.69) is 21.0 Å². The lowest BCUT2D eigenvalue weighted by Crippen LogP contribution is -2.49. The average molecular weight is 370 g/mol. The Morgan fingerprint density at radius 3 is 2.04 bits per heavy atom. The van der Waals surface area contributed by atoms with Crippen molar-refractivity contribution in [1.82, 2.24) is 4.90 Å². The lowest BCUT2D eigenvalue weighted by Gasteiger charge is -2.33. The predicted octanol–water partition coefficient (Wildman–Crippen LogP) is 4.97. The zero-order valence-corrected chi connectivity index (χ0v) is 17.9. The molecule has 0 atom stereocenters. The molecule has 1 heterocycles. The van der Waals surface area contributed by atoms with Crippen molar-refractivity contribution in [2.75, 3.05) is 47.1 Å². The van der Waals surface area contributed by atoms with Crippen molar-refractivity contribution in [2.45, 2.75) is 90.4 Å². The summed E-state index contributed by atoms with van der Waals surface area (Å²) in [5, 5.41) is 0. The van der Waals surface area contributed by atoms with E-state index in [1.165, 1.54) is 64.2 Å². The molecule has 0 aromatic rings. The Morgan fingerprint density at radius 1 is 0.885 bits per heavy atom. The van der Waals surface area contributed by atoms with Gasteiger partial charge in [0, 0.05) is 26.0 Å². The van der Waals surface area contributed by atoms with Crippen LogP contribution in [0, 0.1) is 0 Å². The Labute approximate surface area is 162 Å². The molecule has 1 fully saturated rings. The molecule has 26 heavy (non-hydrogen) atoms. The normalized spacial score (nSPS) is 15.2. The predicted molar refractivity (Wildman–Crippen MR) is 110 cm³/mol. The van der Waals surface area contributed by atoms with E-state index in [1.807, 2.05) is 4.90 Å². The fraction of sp³-hybridized carbons (Fsp3) is 0.955. The van der Waals surface area contributed by atoms with Gasteiger partial charge < -0.3 is 9.22 Å². The molecule has 154 valence electrons. The molecule has 0 aromatic heterocycles. The number of carbonyl (C=O) groups excluding carboxylic acids is 1. The summed E-state index contributed by atoms with van der Waals surface area (Å²) in [5.41, 5.74) is 0. The SMILES string of the molecule is CCCCCCCCCCCCOCCC[N+](C)(C)CN1CCCC1=O. The molecule has 0 radical (unpaired) electrons. The quantitative estimate of drug-likeness (QED) is 0.268. The molecule has 4 nitrogen and oxygen atoms in total. The second-order valence-corrected chi connectivity index (χ2v) is 8.71. The summed E-state index contributed by atoms with van der Waals surface area (Å²) in [6, 6.07) is 0. The minimum atomic E-state index is 0.327. The number of likely N-dealkylation sites (tertiary alicyclic amines) is 1. The third-order valence-electron chi connectivity index (χ3n) is 5.42. The lowest BCUT2D eigenvalue weighted by atomic mass is 10.1. The Hall–Kier alpha value is -0.610. The van der Waals surface area contributed by atoms with Crippen molar-refractivity contribution in [3.63, 3.8) is 0 Å². The Balaban J connectivity index is 1.84. The van der Waals surface area contributed by atoms with Crippen LogP contribution in [0.25, 0.3) is 0 Å². The van der Waals surface area contributed by atoms with Crippen LogP contribution in [0.2, 0.25) is 0 Å². The first-order valence-electron chi connectivity index (χ1n) is 11.2. The second kappa shape index (κ2) is 14.4. The van der Waals surface area contributed by atoms with Crippen molar-refractivity contribution < 1.29 is 14.0 Å². The van der Waals surface area contributed by atoms with Crippen LogP contribution >= 0.6 is 0 Å². The molecule has 0 unspecified atom stereocenters. The first-order chi connectivity index (χ1) is 12.5. The van der Waals surface area contributed by atoms with E-state index in [0.29, 0.717) is 5.91 Å². The topological polar surface area (TPSA) is 29.5 Å². The van der Waals surface area contributed by atoms with Gasteiger partial charge in [0.2, 0.25) is 5.91 Å². The summed E-state index contributed by atoms with van der Waals surface area (Å²) in [6.07, 6.45) is 16.6. The first kappa shape index (κ1) is 23.4. The van der Waals surface area contributed by atoms with Crippen LogP contribution in [0.3, 0.4) is 0 Å². The molecule has 1 aliphatic heterocycles. The highest BCUT2D eigenvalue weighted by molar-refractivity contribution is 5.77. The van der Waals surface area contributed by atoms with Crippen molar-refractivity contribution in [3.8, 4) is 0 Å². The first-order valence-corrected chi connectivity index (χ1v) is 11.2. The largest absolute Gasteiger partial charge is 0.381 e. The van der Waals surface area contributed by atoms with Crippen LogP contribution in [-0.2, 0) is 9.53 Å². The third-order valence-corrected chi connectivity index (χ3v) is 5.42. The Morgan fingerprint density at radius 2 is 1.46 bits per heavy atom. The number of carbonyl (C=O) groups is 1. The number of amides is 1. The molecule has 1 aliphatic rings. The van der Waals surface area contributed by atoms with E-state index in [0.717, 1.165) is 56.7 Å². The highest BCUT2D eigenvalue weighted by Gasteiger charge is 2.26. The number of rotatable bonds is 17. The maximum Gasteiger partial charge on any atom is 0.226 e. The minimum absolute atomic E-state index is 0.327. The van der Waals surface area contributed by atoms with E-state index in [1.54, 1.807) is 0 Å². The molecular weight excluding hydrogens is 324 g/mol. The molecule has 0 N–H and O–H groups in total. The highest BCUT2D eigenvalue weighted by atomic mass is 16.5. The van der Waals surface area contributed by atoms with Crippen molar-refractivity contribution >= 4 is 5.91 Å². The van der Waals surface area contributed by atoms with Gasteiger partial charge in [0.15, 0.2) is 6.67 Å². The van der Waals surface area contributed by atoms with Crippen LogP contribution in [0.5, 0.6) is 0 Å². The summed E-state index contributed by atoms with van der Waals surface area (Å²) in [6.45, 7) is 6.90. The summed E-state index contributed by atoms with van der Waals surface area (Å²) < 4.78 is 6.68. The van der Waals surface area contributed by atoms with E-state index < -0.39 is 0 Å². The van der Waals surface area contributed by atoms with E-state index in [9.17, 15) is 4.79 Å². The number of nitrogens with zero attached hydrogens (tertiary/aromatic N) is 2. The van der Waals surface area contributed by atoms with Crippen LogP contribution in [0.4, 0.5) is 0 Å². The van der Waals surface area contributed by atoms with E-state index in [-0.39, 0.29) is 0 Å². The standard InChI is InChI=1S/C22H45N2O2/c1-4-5-6-7-8-9-10-11-12-13-19-26-20-15-18-24(2,3)21-23-17-14-16-22(23)25/h4-21H2,1-3H3/q+1. The third kappa shape index (κ3) is 11.9. The van der Waals surface area contributed by atoms with Gasteiger partial charge in [-0.3, -0.25) is 9.69 Å². The van der Waals surface area contributed by atoms with Crippen LogP contribution in [-0.4, -0.2) is 62.4 Å². The molecule has 0 saturated carbocycles. The van der Waals surface area contributed by atoms with Crippen molar-refractivity contribution in [3.05, 3.63) is 0 Å². The van der Waals surface area contributed by atoms with Crippen molar-refractivity contribution in [2.24, 2.45) is 0 Å². The van der Waals surface area contributed by atoms with Gasteiger partial charge in [-0.25, -0.2) is 0 Å². The maximum absolute atomic E-state index is 11.7. The number of unbranched alkanes of at least 4 members (excludes halogenated alkanes) is 9. The minimum Gasteiger partial charge on any atom is -0.381 e. The maximum atomic E-state index is 11.7. The van der Waals surface area contributed by atoms with Gasteiger partial charge >= 0.3 is 0 Å². The fourth-order valence-electron chi connectivity index (χ4n) is 3.77. The number of hydrogen-bond donors (Lipinski definition) is 0. The summed E-state index contributed by atoms with van der Waals surface area (Å²) in [5.74, 6) is 0.327. The molecule has 1 saturated heterocycles. The van der Waals surface area contributed by atoms with Crippen molar-refractivity contribution in [1.29, 1.82) is 0 Å². The summed E-state index contributed by atoms with van der Waals surface area (Å²) in [7, 11) is 4.43. The number of quaternary nitrogens is 1. The van der Waals surface area contributed by atoms with Gasteiger partial charge in [-0.05, 0) is 12.8 Å². The van der Waals surface area contributed by atoms with E-state index >= 15 is 0 Å². The van der Waals surface area contributed by atoms with Gasteiger partial charge in [-0.2, -0.15) is 0 Å². The Bertz CT molecular complexity index is 358. The van der Waals surface area contributed by atoms with Gasteiger partial charge in [0.05, 0.1) is 27.2 Å². The molecule has 1 rings (SSSR count). The lowest BCUT2D eigenvalue weighted by molar-refractivity contribution is -0.899. The second-order valence-electron chi connectivity index (χ2n) is 8.71. The monoisotopic (exact) mass is 369 g/mol. The van der Waals surface area contributed by atoms with Crippen LogP contribution in [0.15, 0.2) is 0 Å². The summed E-state index contributed by atoms with van der Waals surface area (Å²) >= 11 is 0. The molecule has 4 heteroatoms. The van der Waals surface area contributed by atoms with Crippen LogP contribution < -0.4 is 0 Å². The van der Waals surface area contributed by atoms with Crippen LogP contribution in [0.1, 0.15) is 90.4 Å². The molecule has 0 bridgehead atoms. The smallest absolute Gasteiger partial charge is 0.226 e. The van der Waals surface area contributed by atoms with Gasteiger partial charge in [-0.15, -0.1) is 0 Å². The number of ether oxygens (including phenoxy) is 1. The fourth-order valence-corrected chi connectivity index (χ4v) is 3.77. The molecular formula is C22H45N2O2+. The van der Waals surface area contributed by atoms with Gasteiger partial charge in [0.25, 0.3) is 0 Å². The zero-order valence-electron chi connectivity index (χ0n) is 17.9. The molecule has 0 aliphatic carbocycles. The van der Waals surface area contributed by atoms with E-state index in [4.69, 9.17) is 4.74 Å². The van der Waals surface area contributed by atoms with Gasteiger partial charge in [-0.1, -0.05) is 64.7 Å². The number of hydrogen-bond acceptors (Lipinski definition) is 2. The van der Waals surface area contributed by atoms with Gasteiger partial charge in [0.1, 0.15) is 0 Å². The zero-order chi connectivity index (χ0) is 19.1. The molecule has 0 spiro atoms. The molecule has 0 aromatic carbocycles. The average Bonchev–Trinajstić information content (AvgIpc) is 2.99. The Kier molecular flexibility index (Phi) is 13.0.